The van der Waals surface area contributed by atoms with Crippen molar-refractivity contribution >= 4 is 23.3 Å². The first-order chi connectivity index (χ1) is 17.4. The molecule has 2 aliphatic carbocycles. The molecule has 2 aromatic rings. The van der Waals surface area contributed by atoms with Crippen molar-refractivity contribution in [1.82, 2.24) is 5.32 Å². The fourth-order valence-corrected chi connectivity index (χ4v) is 7.79. The number of halogens is 1. The Bertz CT molecular complexity index is 1020. The molecule has 8 heteroatoms. The van der Waals surface area contributed by atoms with E-state index in [0.717, 1.165) is 74.6 Å². The van der Waals surface area contributed by atoms with Gasteiger partial charge < -0.3 is 24.8 Å². The Hall–Kier alpha value is -1.53. The maximum Gasteiger partial charge on any atom is 0.239 e. The number of phenolic OH excluding ortho intramolecular Hbond substituents is 1. The summed E-state index contributed by atoms with van der Waals surface area (Å²) in [5.74, 6) is 1.64. The number of aromatic hydroxyl groups is 1. The van der Waals surface area contributed by atoms with Crippen LogP contribution in [-0.2, 0) is 11.0 Å². The highest BCUT2D eigenvalue weighted by Gasteiger charge is 2.34. The molecule has 1 unspecified atom stereocenters. The summed E-state index contributed by atoms with van der Waals surface area (Å²) in [6.45, 7) is 1.51. The van der Waals surface area contributed by atoms with Crippen molar-refractivity contribution < 1.29 is 24.0 Å². The van der Waals surface area contributed by atoms with E-state index in [9.17, 15) is 14.6 Å². The molecule has 1 atom stereocenters. The van der Waals surface area contributed by atoms with Crippen LogP contribution in [0.1, 0.15) is 69.8 Å². The number of hydrogen-bond acceptors (Lipinski definition) is 5. The maximum atomic E-state index is 12.8. The Labute approximate surface area is 223 Å². The van der Waals surface area contributed by atoms with Gasteiger partial charge in [-0.05, 0) is 103 Å². The molecule has 0 bridgehead atoms. The lowest BCUT2D eigenvalue weighted by Gasteiger charge is -2.31. The zero-order chi connectivity index (χ0) is 25.4. The van der Waals surface area contributed by atoms with Crippen molar-refractivity contribution in [2.24, 2.45) is 0 Å². The van der Waals surface area contributed by atoms with Crippen LogP contribution in [0.15, 0.2) is 46.9 Å². The van der Waals surface area contributed by atoms with E-state index in [1.54, 1.807) is 24.3 Å². The summed E-state index contributed by atoms with van der Waals surface area (Å²) in [5, 5.41) is 13.2. The zero-order valence-electron chi connectivity index (χ0n) is 21.0. The Balaban J connectivity index is 1.27. The average molecular weight is 580 g/mol. The predicted octanol–water partition coefficient (Wildman–Crippen LogP) is 7.01. The Morgan fingerprint density at radius 1 is 1.00 bits per heavy atom. The largest absolute Gasteiger partial charge is 0.508 e. The third-order valence-corrected chi connectivity index (χ3v) is 10.4. The molecule has 2 saturated carbocycles. The van der Waals surface area contributed by atoms with Crippen molar-refractivity contribution in [2.45, 2.75) is 81.8 Å². The summed E-state index contributed by atoms with van der Waals surface area (Å²) in [6.07, 6.45) is 11.4. The summed E-state index contributed by atoms with van der Waals surface area (Å²) < 4.78 is 25.3. The van der Waals surface area contributed by atoms with E-state index in [4.69, 9.17) is 9.47 Å². The van der Waals surface area contributed by atoms with Gasteiger partial charge in [0.15, 0.2) is 6.35 Å². The Morgan fingerprint density at radius 2 is 1.72 bits per heavy atom. The molecule has 0 aromatic heterocycles. The number of benzene rings is 2. The van der Waals surface area contributed by atoms with Gasteiger partial charge in [-0.3, -0.25) is 4.57 Å². The smallest absolute Gasteiger partial charge is 0.239 e. The second-order valence-corrected chi connectivity index (χ2v) is 13.7. The van der Waals surface area contributed by atoms with Crippen LogP contribution in [-0.4, -0.2) is 40.7 Å². The Morgan fingerprint density at radius 3 is 2.42 bits per heavy atom. The highest BCUT2D eigenvalue weighted by Crippen LogP contribution is 2.52. The lowest BCUT2D eigenvalue weighted by atomic mass is 9.89. The van der Waals surface area contributed by atoms with Crippen LogP contribution in [0.5, 0.6) is 17.2 Å². The summed E-state index contributed by atoms with van der Waals surface area (Å²) in [5.41, 5.74) is 1.19. The van der Waals surface area contributed by atoms with Crippen molar-refractivity contribution in [3.05, 3.63) is 52.5 Å². The van der Waals surface area contributed by atoms with Crippen molar-refractivity contribution in [3.63, 3.8) is 0 Å². The second kappa shape index (κ2) is 12.8. The molecule has 198 valence electrons. The minimum atomic E-state index is -3.32. The maximum absolute atomic E-state index is 12.8. The molecule has 6 nitrogen and oxygen atoms in total. The highest BCUT2D eigenvalue weighted by molar-refractivity contribution is 9.10. The number of ether oxygens (including phenoxy) is 2. The quantitative estimate of drug-likeness (QED) is 0.185. The molecule has 0 amide bonds. The first-order valence-electron chi connectivity index (χ1n) is 13.2. The summed E-state index contributed by atoms with van der Waals surface area (Å²) in [7, 11) is -3.32. The van der Waals surface area contributed by atoms with Gasteiger partial charge in [-0.25, -0.2) is 0 Å². The van der Waals surface area contributed by atoms with Gasteiger partial charge in [0.1, 0.15) is 17.2 Å². The molecule has 2 fully saturated rings. The molecule has 2 aromatic carbocycles. The first kappa shape index (κ1) is 27.5. The molecular weight excluding hydrogens is 541 g/mol. The minimum Gasteiger partial charge on any atom is -0.508 e. The molecule has 3 N–H and O–H groups in total. The normalized spacial score (nSPS) is 19.6. The molecule has 0 heterocycles. The number of rotatable bonds is 12. The van der Waals surface area contributed by atoms with Crippen LogP contribution >= 0.6 is 23.3 Å². The lowest BCUT2D eigenvalue weighted by molar-refractivity contribution is 0.280. The van der Waals surface area contributed by atoms with Gasteiger partial charge in [-0.15, -0.1) is 0 Å². The predicted molar refractivity (Wildman–Crippen MR) is 147 cm³/mol. The molecule has 0 radical (unpaired) electrons. The van der Waals surface area contributed by atoms with Crippen LogP contribution in [0.3, 0.4) is 0 Å². The van der Waals surface area contributed by atoms with E-state index < -0.39 is 7.37 Å². The van der Waals surface area contributed by atoms with Crippen molar-refractivity contribution in [2.75, 3.05) is 19.5 Å². The SMILES string of the molecule is O=P(O)(COc1ccc(CC2(NCCCOc3ccc(O)cc3)CCCC2)cc1Br)C1CCCCC1. The molecule has 4 rings (SSSR count). The van der Waals surface area contributed by atoms with E-state index in [1.165, 1.54) is 18.4 Å². The minimum absolute atomic E-state index is 0.0855. The number of nitrogens with one attached hydrogen (secondary N) is 1. The van der Waals surface area contributed by atoms with Crippen LogP contribution in [0.25, 0.3) is 0 Å². The molecule has 2 aliphatic rings. The fourth-order valence-electron chi connectivity index (χ4n) is 5.54. The van der Waals surface area contributed by atoms with Crippen LogP contribution in [0.2, 0.25) is 0 Å². The topological polar surface area (TPSA) is 88.0 Å². The monoisotopic (exact) mass is 579 g/mol. The number of phenols is 1. The fraction of sp³-hybridized carbons (Fsp3) is 0.571. The zero-order valence-corrected chi connectivity index (χ0v) is 23.4. The van der Waals surface area contributed by atoms with Gasteiger partial charge in [0, 0.05) is 11.2 Å². The van der Waals surface area contributed by atoms with Gasteiger partial charge >= 0.3 is 0 Å². The van der Waals surface area contributed by atoms with Gasteiger partial charge in [0.05, 0.1) is 11.1 Å². The third kappa shape index (κ3) is 7.74. The van der Waals surface area contributed by atoms with Crippen LogP contribution in [0.4, 0.5) is 0 Å². The van der Waals surface area contributed by atoms with E-state index in [1.807, 2.05) is 6.07 Å². The molecule has 0 aliphatic heterocycles. The number of hydrogen-bond donors (Lipinski definition) is 3. The van der Waals surface area contributed by atoms with Gasteiger partial charge in [0.25, 0.3) is 0 Å². The standard InChI is InChI=1S/C28H39BrNO5P/c29-26-19-22(9-14-27(26)35-21-36(32,33)25-7-2-1-3-8-25)20-28(15-4-5-16-28)30-17-6-18-34-24-12-10-23(31)11-13-24/h9-14,19,25,30-31H,1-8,15-18,20-21H2,(H,32,33). The summed E-state index contributed by atoms with van der Waals surface area (Å²) >= 11 is 3.63. The second-order valence-electron chi connectivity index (χ2n) is 10.4. The van der Waals surface area contributed by atoms with Crippen molar-refractivity contribution in [3.8, 4) is 17.2 Å². The molecule has 0 spiro atoms. The molecular formula is C28H39BrNO5P. The summed E-state index contributed by atoms with van der Waals surface area (Å²) in [4.78, 5) is 10.6. The van der Waals surface area contributed by atoms with Crippen LogP contribution in [0, 0.1) is 0 Å². The average Bonchev–Trinajstić information content (AvgIpc) is 3.33. The van der Waals surface area contributed by atoms with Crippen LogP contribution < -0.4 is 14.8 Å². The Kier molecular flexibility index (Phi) is 9.79. The third-order valence-electron chi connectivity index (χ3n) is 7.58. The van der Waals surface area contributed by atoms with Crippen molar-refractivity contribution in [1.29, 1.82) is 0 Å². The summed E-state index contributed by atoms with van der Waals surface area (Å²) in [6, 6.07) is 12.9. The highest BCUT2D eigenvalue weighted by atomic mass is 79.9. The molecule has 36 heavy (non-hydrogen) atoms. The van der Waals surface area contributed by atoms with E-state index >= 15 is 0 Å². The van der Waals surface area contributed by atoms with Gasteiger partial charge in [-0.2, -0.15) is 0 Å². The molecule has 0 saturated heterocycles. The van der Waals surface area contributed by atoms with E-state index in [-0.39, 0.29) is 23.3 Å². The lowest BCUT2D eigenvalue weighted by Crippen LogP contribution is -2.45. The van der Waals surface area contributed by atoms with Gasteiger partial charge in [0.2, 0.25) is 7.37 Å². The van der Waals surface area contributed by atoms with E-state index in [0.29, 0.717) is 12.4 Å². The van der Waals surface area contributed by atoms with E-state index in [2.05, 4.69) is 33.4 Å². The van der Waals surface area contributed by atoms with Gasteiger partial charge in [-0.1, -0.05) is 38.2 Å². The first-order valence-corrected chi connectivity index (χ1v) is 16.0.